The number of fused-ring (bicyclic) bond motifs is 1. The molecule has 0 radical (unpaired) electrons. The lowest BCUT2D eigenvalue weighted by Gasteiger charge is -2.11. The molecule has 0 atom stereocenters. The van der Waals surface area contributed by atoms with E-state index >= 15 is 0 Å². The first kappa shape index (κ1) is 21.0. The fraction of sp³-hybridized carbons (Fsp3) is 0.120. The van der Waals surface area contributed by atoms with E-state index in [0.717, 1.165) is 0 Å². The van der Waals surface area contributed by atoms with E-state index in [1.807, 2.05) is 0 Å². The molecule has 162 valence electrons. The highest BCUT2D eigenvalue weighted by molar-refractivity contribution is 6.14. The molecule has 0 bridgehead atoms. The van der Waals surface area contributed by atoms with Crippen LogP contribution in [-0.2, 0) is 0 Å². The maximum Gasteiger partial charge on any atom is 0.347 e. The number of rotatable bonds is 6. The molecule has 0 saturated heterocycles. The molecule has 0 amide bonds. The van der Waals surface area contributed by atoms with Crippen LogP contribution in [0.2, 0.25) is 0 Å². The summed E-state index contributed by atoms with van der Waals surface area (Å²) in [7, 11) is 4.49. The van der Waals surface area contributed by atoms with E-state index in [4.69, 9.17) is 23.7 Å². The van der Waals surface area contributed by atoms with Gasteiger partial charge in [0.05, 0.1) is 26.9 Å². The molecule has 7 heteroatoms. The summed E-state index contributed by atoms with van der Waals surface area (Å²) >= 11 is 0. The molecule has 1 heterocycles. The Labute approximate surface area is 184 Å². The summed E-state index contributed by atoms with van der Waals surface area (Å²) in [6, 6.07) is 16.7. The van der Waals surface area contributed by atoms with Crippen molar-refractivity contribution in [1.82, 2.24) is 0 Å². The first-order valence-electron chi connectivity index (χ1n) is 9.69. The van der Waals surface area contributed by atoms with Crippen LogP contribution < -0.4 is 23.7 Å². The highest BCUT2D eigenvalue weighted by Gasteiger charge is 2.28. The number of esters is 1. The van der Waals surface area contributed by atoms with Gasteiger partial charge in [0.2, 0.25) is 5.78 Å². The van der Waals surface area contributed by atoms with E-state index in [9.17, 15) is 9.59 Å². The Morgan fingerprint density at radius 3 is 2.38 bits per heavy atom. The molecule has 4 rings (SSSR count). The summed E-state index contributed by atoms with van der Waals surface area (Å²) in [4.78, 5) is 25.2. The van der Waals surface area contributed by atoms with Crippen molar-refractivity contribution in [3.8, 4) is 28.7 Å². The number of Topliss-reactive ketones (excluding diaryl/α,β-unsaturated/α-hetero) is 1. The van der Waals surface area contributed by atoms with Crippen LogP contribution in [0.4, 0.5) is 0 Å². The van der Waals surface area contributed by atoms with E-state index in [2.05, 4.69) is 0 Å². The molecule has 0 aliphatic carbocycles. The topological polar surface area (TPSA) is 80.3 Å². The second kappa shape index (κ2) is 8.85. The summed E-state index contributed by atoms with van der Waals surface area (Å²) in [5.74, 6) is 1.37. The van der Waals surface area contributed by atoms with Gasteiger partial charge in [-0.15, -0.1) is 0 Å². The minimum atomic E-state index is -0.578. The van der Waals surface area contributed by atoms with Gasteiger partial charge in [0.1, 0.15) is 22.8 Å². The van der Waals surface area contributed by atoms with Crippen molar-refractivity contribution in [2.24, 2.45) is 0 Å². The molecule has 1 aliphatic rings. The highest BCUT2D eigenvalue weighted by Crippen LogP contribution is 2.36. The number of hydrogen-bond acceptors (Lipinski definition) is 7. The summed E-state index contributed by atoms with van der Waals surface area (Å²) in [5.41, 5.74) is 1.40. The largest absolute Gasteiger partial charge is 0.497 e. The van der Waals surface area contributed by atoms with Crippen molar-refractivity contribution in [2.75, 3.05) is 21.3 Å². The Hall–Kier alpha value is -4.26. The highest BCUT2D eigenvalue weighted by atomic mass is 16.6. The van der Waals surface area contributed by atoms with Crippen LogP contribution in [0.25, 0.3) is 6.08 Å². The number of carbonyl (C=O) groups is 2. The first-order valence-corrected chi connectivity index (χ1v) is 9.69. The normalized spacial score (nSPS) is 13.3. The zero-order chi connectivity index (χ0) is 22.7. The van der Waals surface area contributed by atoms with Crippen LogP contribution in [0.1, 0.15) is 26.3 Å². The molecule has 3 aromatic rings. The number of ketones is 1. The number of allylic oxidation sites excluding steroid dienone is 1. The molecule has 0 fully saturated rings. The lowest BCUT2D eigenvalue weighted by molar-refractivity contribution is 0.0726. The van der Waals surface area contributed by atoms with Crippen LogP contribution in [-0.4, -0.2) is 33.1 Å². The van der Waals surface area contributed by atoms with Gasteiger partial charge in [0, 0.05) is 6.07 Å². The number of benzene rings is 3. The standard InChI is InChI=1S/C25H20O7/c1-28-16-9-10-17-21(14-16)31-23(24(17)26)13-15-8-11-20(22(12-15)30-3)32-25(27)18-6-4-5-7-19(18)29-2/h4-14H,1-3H3/b23-13-. The molecule has 0 aromatic heterocycles. The van der Waals surface area contributed by atoms with Crippen LogP contribution in [0.3, 0.4) is 0 Å². The fourth-order valence-electron chi connectivity index (χ4n) is 3.27. The maximum atomic E-state index is 12.6. The Bertz CT molecular complexity index is 1230. The van der Waals surface area contributed by atoms with Crippen molar-refractivity contribution in [1.29, 1.82) is 0 Å². The SMILES string of the molecule is COc1ccc2c(c1)O/C(=C\c1ccc(OC(=O)c3ccccc3OC)c(OC)c1)C2=O. The summed E-state index contributed by atoms with van der Waals surface area (Å²) in [6.07, 6.45) is 1.60. The van der Waals surface area contributed by atoms with Crippen LogP contribution in [0.15, 0.2) is 66.4 Å². The van der Waals surface area contributed by atoms with Gasteiger partial charge in [-0.05, 0) is 48.0 Å². The summed E-state index contributed by atoms with van der Waals surface area (Å²) < 4.78 is 27.0. The lowest BCUT2D eigenvalue weighted by Crippen LogP contribution is -2.10. The van der Waals surface area contributed by atoms with Gasteiger partial charge in [-0.3, -0.25) is 4.79 Å². The van der Waals surface area contributed by atoms with Crippen molar-refractivity contribution in [2.45, 2.75) is 0 Å². The predicted octanol–water partition coefficient (Wildman–Crippen LogP) is 4.55. The van der Waals surface area contributed by atoms with E-state index in [1.165, 1.54) is 14.2 Å². The molecule has 0 spiro atoms. The second-order valence-electron chi connectivity index (χ2n) is 6.80. The number of methoxy groups -OCH3 is 3. The fourth-order valence-corrected chi connectivity index (χ4v) is 3.27. The number of para-hydroxylation sites is 1. The van der Waals surface area contributed by atoms with Crippen LogP contribution in [0, 0.1) is 0 Å². The average molecular weight is 432 g/mol. The number of hydrogen-bond donors (Lipinski definition) is 0. The minimum Gasteiger partial charge on any atom is -0.497 e. The molecular formula is C25H20O7. The second-order valence-corrected chi connectivity index (χ2v) is 6.80. The molecule has 0 N–H and O–H groups in total. The molecule has 1 aliphatic heterocycles. The third-order valence-electron chi connectivity index (χ3n) is 4.89. The van der Waals surface area contributed by atoms with Gasteiger partial charge in [0.15, 0.2) is 17.3 Å². The van der Waals surface area contributed by atoms with E-state index in [0.29, 0.717) is 39.7 Å². The van der Waals surface area contributed by atoms with Crippen molar-refractivity contribution < 1.29 is 33.3 Å². The maximum absolute atomic E-state index is 12.6. The van der Waals surface area contributed by atoms with Gasteiger partial charge in [0.25, 0.3) is 0 Å². The van der Waals surface area contributed by atoms with Gasteiger partial charge >= 0.3 is 5.97 Å². The Morgan fingerprint density at radius 1 is 0.844 bits per heavy atom. The first-order chi connectivity index (χ1) is 15.5. The third kappa shape index (κ3) is 4.00. The van der Waals surface area contributed by atoms with Gasteiger partial charge in [-0.2, -0.15) is 0 Å². The van der Waals surface area contributed by atoms with Crippen LogP contribution in [0.5, 0.6) is 28.7 Å². The number of carbonyl (C=O) groups excluding carboxylic acids is 2. The minimum absolute atomic E-state index is 0.175. The molecule has 0 saturated carbocycles. The smallest absolute Gasteiger partial charge is 0.347 e. The van der Waals surface area contributed by atoms with E-state index < -0.39 is 5.97 Å². The van der Waals surface area contributed by atoms with Gasteiger partial charge in [-0.25, -0.2) is 4.79 Å². The Morgan fingerprint density at radius 2 is 1.62 bits per heavy atom. The molecular weight excluding hydrogens is 412 g/mol. The number of ether oxygens (including phenoxy) is 5. The van der Waals surface area contributed by atoms with Crippen LogP contribution >= 0.6 is 0 Å². The Kier molecular flexibility index (Phi) is 5.81. The molecule has 3 aromatic carbocycles. The zero-order valence-corrected chi connectivity index (χ0v) is 17.7. The van der Waals surface area contributed by atoms with Crippen molar-refractivity contribution in [3.63, 3.8) is 0 Å². The predicted molar refractivity (Wildman–Crippen MR) is 117 cm³/mol. The van der Waals surface area contributed by atoms with Crippen molar-refractivity contribution >= 4 is 17.8 Å². The summed E-state index contributed by atoms with van der Waals surface area (Å²) in [5, 5.41) is 0. The van der Waals surface area contributed by atoms with E-state index in [-0.39, 0.29) is 17.3 Å². The third-order valence-corrected chi connectivity index (χ3v) is 4.89. The molecule has 0 unspecified atom stereocenters. The van der Waals surface area contributed by atoms with Gasteiger partial charge < -0.3 is 23.7 Å². The average Bonchev–Trinajstić information content (AvgIpc) is 3.13. The van der Waals surface area contributed by atoms with Gasteiger partial charge in [-0.1, -0.05) is 18.2 Å². The summed E-state index contributed by atoms with van der Waals surface area (Å²) in [6.45, 7) is 0. The zero-order valence-electron chi connectivity index (χ0n) is 17.7. The van der Waals surface area contributed by atoms with Crippen molar-refractivity contribution in [3.05, 3.63) is 83.1 Å². The quantitative estimate of drug-likeness (QED) is 0.321. The molecule has 7 nitrogen and oxygen atoms in total. The Balaban J connectivity index is 1.58. The van der Waals surface area contributed by atoms with E-state index in [1.54, 1.807) is 73.8 Å². The molecule has 32 heavy (non-hydrogen) atoms. The lowest BCUT2D eigenvalue weighted by atomic mass is 10.1. The monoisotopic (exact) mass is 432 g/mol.